The number of hydrogen-bond acceptors (Lipinski definition) is 3. The number of methoxy groups -OCH3 is 1. The van der Waals surface area contributed by atoms with E-state index in [9.17, 15) is 5.11 Å². The second-order valence-corrected chi connectivity index (χ2v) is 5.97. The van der Waals surface area contributed by atoms with Crippen molar-refractivity contribution < 1.29 is 9.84 Å². The smallest absolute Gasteiger partial charge is 0.118 e. The molecule has 1 aromatic rings. The maximum absolute atomic E-state index is 10.3. The Hall–Kier alpha value is -1.06. The topological polar surface area (TPSA) is 41.5 Å². The Bertz CT molecular complexity index is 371. The van der Waals surface area contributed by atoms with Crippen molar-refractivity contribution in [2.75, 3.05) is 13.7 Å². The van der Waals surface area contributed by atoms with E-state index in [0.29, 0.717) is 12.5 Å². The lowest BCUT2D eigenvalue weighted by Crippen LogP contribution is -2.39. The Morgan fingerprint density at radius 2 is 1.79 bits per heavy atom. The summed E-state index contributed by atoms with van der Waals surface area (Å²) in [4.78, 5) is 0. The largest absolute Gasteiger partial charge is 0.497 e. The molecule has 2 N–H and O–H groups in total. The third-order valence-corrected chi connectivity index (χ3v) is 3.25. The first-order valence-electron chi connectivity index (χ1n) is 6.94. The van der Waals surface area contributed by atoms with Gasteiger partial charge in [-0.05, 0) is 43.9 Å². The number of rotatable bonds is 7. The van der Waals surface area contributed by atoms with Crippen molar-refractivity contribution in [3.8, 4) is 5.75 Å². The Labute approximate surface area is 117 Å². The summed E-state index contributed by atoms with van der Waals surface area (Å²) in [7, 11) is 1.67. The molecule has 3 heteroatoms. The summed E-state index contributed by atoms with van der Waals surface area (Å²) in [5, 5.41) is 13.7. The van der Waals surface area contributed by atoms with Gasteiger partial charge in [0.25, 0.3) is 0 Å². The number of benzene rings is 1. The van der Waals surface area contributed by atoms with Crippen LogP contribution >= 0.6 is 0 Å². The standard InChI is InChI=1S/C16H27NO2/c1-12(2)10-16(4,18)11-17-13(3)14-6-8-15(19-5)9-7-14/h6-9,12-13,17-18H,10-11H2,1-5H3. The predicted octanol–water partition coefficient (Wildman–Crippen LogP) is 3.14. The van der Waals surface area contributed by atoms with Gasteiger partial charge in [-0.1, -0.05) is 26.0 Å². The van der Waals surface area contributed by atoms with E-state index in [1.807, 2.05) is 31.2 Å². The van der Waals surface area contributed by atoms with E-state index in [1.165, 1.54) is 5.56 Å². The molecule has 0 heterocycles. The van der Waals surface area contributed by atoms with Gasteiger partial charge in [-0.2, -0.15) is 0 Å². The average Bonchev–Trinajstić information content (AvgIpc) is 2.34. The highest BCUT2D eigenvalue weighted by atomic mass is 16.5. The van der Waals surface area contributed by atoms with Gasteiger partial charge in [0.05, 0.1) is 12.7 Å². The molecule has 19 heavy (non-hydrogen) atoms. The van der Waals surface area contributed by atoms with E-state index >= 15 is 0 Å². The van der Waals surface area contributed by atoms with Gasteiger partial charge in [0.2, 0.25) is 0 Å². The van der Waals surface area contributed by atoms with Gasteiger partial charge < -0.3 is 15.2 Å². The van der Waals surface area contributed by atoms with E-state index in [1.54, 1.807) is 7.11 Å². The second kappa shape index (κ2) is 6.92. The fourth-order valence-electron chi connectivity index (χ4n) is 2.34. The molecule has 0 aliphatic heterocycles. The van der Waals surface area contributed by atoms with Crippen LogP contribution in [-0.4, -0.2) is 24.4 Å². The minimum Gasteiger partial charge on any atom is -0.497 e. The highest BCUT2D eigenvalue weighted by Gasteiger charge is 2.22. The molecule has 1 rings (SSSR count). The van der Waals surface area contributed by atoms with Crippen LogP contribution in [0.25, 0.3) is 0 Å². The monoisotopic (exact) mass is 265 g/mol. The molecule has 3 nitrogen and oxygen atoms in total. The van der Waals surface area contributed by atoms with Crippen molar-refractivity contribution in [1.82, 2.24) is 5.32 Å². The van der Waals surface area contributed by atoms with Crippen LogP contribution in [0.4, 0.5) is 0 Å². The van der Waals surface area contributed by atoms with E-state index < -0.39 is 5.60 Å². The maximum atomic E-state index is 10.3. The minimum absolute atomic E-state index is 0.213. The summed E-state index contributed by atoms with van der Waals surface area (Å²) in [6, 6.07) is 8.23. The molecule has 0 fully saturated rings. The summed E-state index contributed by atoms with van der Waals surface area (Å²) in [6.45, 7) is 8.84. The lowest BCUT2D eigenvalue weighted by atomic mass is 9.94. The van der Waals surface area contributed by atoms with Gasteiger partial charge in [0.15, 0.2) is 0 Å². The van der Waals surface area contributed by atoms with Gasteiger partial charge in [-0.15, -0.1) is 0 Å². The summed E-state index contributed by atoms with van der Waals surface area (Å²) >= 11 is 0. The van der Waals surface area contributed by atoms with Crippen LogP contribution in [0.15, 0.2) is 24.3 Å². The van der Waals surface area contributed by atoms with Crippen LogP contribution in [0.3, 0.4) is 0 Å². The molecule has 108 valence electrons. The van der Waals surface area contributed by atoms with Crippen molar-refractivity contribution in [3.63, 3.8) is 0 Å². The Morgan fingerprint density at radius 1 is 1.21 bits per heavy atom. The first-order chi connectivity index (χ1) is 8.84. The number of hydrogen-bond donors (Lipinski definition) is 2. The summed E-state index contributed by atoms with van der Waals surface area (Å²) < 4.78 is 5.15. The highest BCUT2D eigenvalue weighted by molar-refractivity contribution is 5.28. The number of aliphatic hydroxyl groups is 1. The minimum atomic E-state index is -0.658. The van der Waals surface area contributed by atoms with Crippen molar-refractivity contribution in [2.45, 2.75) is 45.8 Å². The van der Waals surface area contributed by atoms with E-state index in [-0.39, 0.29) is 6.04 Å². The third kappa shape index (κ3) is 5.62. The van der Waals surface area contributed by atoms with Gasteiger partial charge in [0, 0.05) is 12.6 Å². The third-order valence-electron chi connectivity index (χ3n) is 3.25. The van der Waals surface area contributed by atoms with Crippen molar-refractivity contribution >= 4 is 0 Å². The molecule has 0 radical (unpaired) electrons. The predicted molar refractivity (Wildman–Crippen MR) is 79.5 cm³/mol. The molecular formula is C16H27NO2. The molecule has 0 bridgehead atoms. The van der Waals surface area contributed by atoms with Crippen molar-refractivity contribution in [1.29, 1.82) is 0 Å². The SMILES string of the molecule is COc1ccc(C(C)NCC(C)(O)CC(C)C)cc1. The zero-order chi connectivity index (χ0) is 14.5. The normalized spacial score (nSPS) is 16.2. The van der Waals surface area contributed by atoms with Crippen LogP contribution < -0.4 is 10.1 Å². The average molecular weight is 265 g/mol. The lowest BCUT2D eigenvalue weighted by molar-refractivity contribution is 0.0363. The number of nitrogens with one attached hydrogen (secondary N) is 1. The molecular weight excluding hydrogens is 238 g/mol. The van der Waals surface area contributed by atoms with Crippen LogP contribution in [0.5, 0.6) is 5.75 Å². The quantitative estimate of drug-likeness (QED) is 0.796. The molecule has 0 saturated carbocycles. The van der Waals surface area contributed by atoms with Crippen LogP contribution in [0.2, 0.25) is 0 Å². The second-order valence-electron chi connectivity index (χ2n) is 5.97. The van der Waals surface area contributed by atoms with Crippen LogP contribution in [0.1, 0.15) is 45.7 Å². The molecule has 2 atom stereocenters. The zero-order valence-electron chi connectivity index (χ0n) is 12.7. The van der Waals surface area contributed by atoms with Crippen LogP contribution in [-0.2, 0) is 0 Å². The van der Waals surface area contributed by atoms with Gasteiger partial charge in [-0.25, -0.2) is 0 Å². The number of ether oxygens (including phenoxy) is 1. The molecule has 0 aliphatic rings. The van der Waals surface area contributed by atoms with E-state index in [4.69, 9.17) is 4.74 Å². The fourth-order valence-corrected chi connectivity index (χ4v) is 2.34. The van der Waals surface area contributed by atoms with Gasteiger partial charge >= 0.3 is 0 Å². The molecule has 0 aliphatic carbocycles. The Balaban J connectivity index is 2.52. The Morgan fingerprint density at radius 3 is 2.26 bits per heavy atom. The first-order valence-corrected chi connectivity index (χ1v) is 6.94. The van der Waals surface area contributed by atoms with Crippen molar-refractivity contribution in [2.24, 2.45) is 5.92 Å². The maximum Gasteiger partial charge on any atom is 0.118 e. The molecule has 1 aromatic carbocycles. The first kappa shape index (κ1) is 16.0. The van der Waals surface area contributed by atoms with Gasteiger partial charge in [0.1, 0.15) is 5.75 Å². The van der Waals surface area contributed by atoms with Gasteiger partial charge in [-0.3, -0.25) is 0 Å². The molecule has 0 aromatic heterocycles. The molecule has 0 saturated heterocycles. The van der Waals surface area contributed by atoms with Crippen LogP contribution in [0, 0.1) is 5.92 Å². The molecule has 0 spiro atoms. The lowest BCUT2D eigenvalue weighted by Gasteiger charge is -2.27. The summed E-state index contributed by atoms with van der Waals surface area (Å²) in [6.07, 6.45) is 0.801. The van der Waals surface area contributed by atoms with E-state index in [0.717, 1.165) is 12.2 Å². The summed E-state index contributed by atoms with van der Waals surface area (Å²) in [5.41, 5.74) is 0.538. The zero-order valence-corrected chi connectivity index (χ0v) is 12.7. The van der Waals surface area contributed by atoms with E-state index in [2.05, 4.69) is 26.1 Å². The Kier molecular flexibility index (Phi) is 5.83. The van der Waals surface area contributed by atoms with Crippen molar-refractivity contribution in [3.05, 3.63) is 29.8 Å². The molecule has 0 amide bonds. The fraction of sp³-hybridized carbons (Fsp3) is 0.625. The molecule has 2 unspecified atom stereocenters. The highest BCUT2D eigenvalue weighted by Crippen LogP contribution is 2.19. The summed E-state index contributed by atoms with van der Waals surface area (Å²) in [5.74, 6) is 1.36.